The number of sulfonamides is 1. The molecule has 4 rings (SSSR count). The first-order chi connectivity index (χ1) is 18.2. The Bertz CT molecular complexity index is 1610. The normalized spacial score (nSPS) is 11.4. The topological polar surface area (TPSA) is 140 Å². The Hall–Kier alpha value is -4.55. The molecule has 4 aromatic rings. The second kappa shape index (κ2) is 11.2. The molecule has 3 aromatic carbocycles. The van der Waals surface area contributed by atoms with Gasteiger partial charge in [-0.15, -0.1) is 0 Å². The molecule has 0 atom stereocenters. The number of carbonyl (C=O) groups is 1. The van der Waals surface area contributed by atoms with E-state index in [1.54, 1.807) is 29.8 Å². The minimum Gasteiger partial charge on any atom is -0.271 e. The van der Waals surface area contributed by atoms with Gasteiger partial charge in [0.25, 0.3) is 21.6 Å². The van der Waals surface area contributed by atoms with Crippen LogP contribution in [0.3, 0.4) is 0 Å². The lowest BCUT2D eigenvalue weighted by atomic mass is 10.2. The standard InChI is InChI=1S/C25H21ClN6O5S/c1-18-21(25(26)29-31(18)20-12-6-3-7-13-20)16-27-28-24(33)17-30(19-10-4-2-5-11-19)38(36,37)23-15-9-8-14-22(23)32(34)35/h2-16H,17H2,1H3,(H,28,33)/b27-16-. The van der Waals surface area contributed by atoms with Crippen LogP contribution in [0.4, 0.5) is 11.4 Å². The van der Waals surface area contributed by atoms with Crippen LogP contribution in [0.2, 0.25) is 5.15 Å². The summed E-state index contributed by atoms with van der Waals surface area (Å²) < 4.78 is 29.4. The molecular formula is C25H21ClN6O5S. The summed E-state index contributed by atoms with van der Waals surface area (Å²) in [5.74, 6) is -0.781. The highest BCUT2D eigenvalue weighted by Gasteiger charge is 2.33. The van der Waals surface area contributed by atoms with Gasteiger partial charge in [0, 0.05) is 6.07 Å². The molecule has 1 amide bonds. The summed E-state index contributed by atoms with van der Waals surface area (Å²) in [4.78, 5) is 22.9. The van der Waals surface area contributed by atoms with Crippen molar-refractivity contribution in [2.24, 2.45) is 5.10 Å². The Labute approximate surface area is 223 Å². The monoisotopic (exact) mass is 552 g/mol. The van der Waals surface area contributed by atoms with E-state index in [9.17, 15) is 23.3 Å². The van der Waals surface area contributed by atoms with Gasteiger partial charge < -0.3 is 0 Å². The van der Waals surface area contributed by atoms with Crippen LogP contribution in [0.1, 0.15) is 11.3 Å². The van der Waals surface area contributed by atoms with Crippen molar-refractivity contribution < 1.29 is 18.1 Å². The summed E-state index contributed by atoms with van der Waals surface area (Å²) in [6, 6.07) is 22.0. The number of hydrogen-bond donors (Lipinski definition) is 1. The number of nitro groups is 1. The van der Waals surface area contributed by atoms with Gasteiger partial charge in [-0.2, -0.15) is 10.2 Å². The fraction of sp³-hybridized carbons (Fsp3) is 0.0800. The molecule has 0 aliphatic carbocycles. The molecule has 0 saturated heterocycles. The molecule has 38 heavy (non-hydrogen) atoms. The first-order valence-corrected chi connectivity index (χ1v) is 13.0. The van der Waals surface area contributed by atoms with Gasteiger partial charge in [-0.25, -0.2) is 18.5 Å². The van der Waals surface area contributed by atoms with Gasteiger partial charge in [0.1, 0.15) is 6.54 Å². The maximum absolute atomic E-state index is 13.5. The molecule has 0 aliphatic heterocycles. The van der Waals surface area contributed by atoms with E-state index in [1.807, 2.05) is 30.3 Å². The second-order valence-electron chi connectivity index (χ2n) is 7.90. The maximum atomic E-state index is 13.5. The van der Waals surface area contributed by atoms with Crippen molar-refractivity contribution in [2.75, 3.05) is 10.8 Å². The molecule has 1 N–H and O–H groups in total. The molecule has 0 saturated carbocycles. The molecule has 0 spiro atoms. The summed E-state index contributed by atoms with van der Waals surface area (Å²) in [6.45, 7) is 1.09. The van der Waals surface area contributed by atoms with E-state index in [1.165, 1.54) is 30.5 Å². The van der Waals surface area contributed by atoms with Crippen molar-refractivity contribution in [2.45, 2.75) is 11.8 Å². The molecule has 194 valence electrons. The van der Waals surface area contributed by atoms with E-state index in [0.29, 0.717) is 11.3 Å². The summed E-state index contributed by atoms with van der Waals surface area (Å²) in [5, 5.41) is 19.9. The van der Waals surface area contributed by atoms with Gasteiger partial charge in [-0.1, -0.05) is 60.1 Å². The predicted molar refractivity (Wildman–Crippen MR) is 143 cm³/mol. The average Bonchev–Trinajstić information content (AvgIpc) is 3.21. The fourth-order valence-corrected chi connectivity index (χ4v) is 5.48. The number of nitrogens with one attached hydrogen (secondary N) is 1. The number of hydrogen-bond acceptors (Lipinski definition) is 7. The number of hydrazone groups is 1. The number of benzene rings is 3. The van der Waals surface area contributed by atoms with Crippen molar-refractivity contribution in [3.05, 3.63) is 111 Å². The van der Waals surface area contributed by atoms with Crippen LogP contribution in [0.25, 0.3) is 5.69 Å². The number of halogens is 1. The summed E-state index contributed by atoms with van der Waals surface area (Å²) in [5.41, 5.74) is 3.75. The fourth-order valence-electron chi connectivity index (χ4n) is 3.64. The molecule has 1 aromatic heterocycles. The maximum Gasteiger partial charge on any atom is 0.289 e. The lowest BCUT2D eigenvalue weighted by Gasteiger charge is -2.23. The quantitative estimate of drug-likeness (QED) is 0.188. The number of nitrogens with zero attached hydrogens (tertiary/aromatic N) is 5. The third kappa shape index (κ3) is 5.56. The zero-order chi connectivity index (χ0) is 27.3. The molecule has 11 nitrogen and oxygen atoms in total. The number of amides is 1. The van der Waals surface area contributed by atoms with Crippen LogP contribution in [0.15, 0.2) is 94.9 Å². The van der Waals surface area contributed by atoms with E-state index >= 15 is 0 Å². The van der Waals surface area contributed by atoms with E-state index in [-0.39, 0.29) is 10.8 Å². The Morgan fingerprint density at radius 1 is 1.08 bits per heavy atom. The number of anilines is 1. The smallest absolute Gasteiger partial charge is 0.271 e. The minimum absolute atomic E-state index is 0.146. The average molecular weight is 553 g/mol. The molecule has 0 aliphatic rings. The zero-order valence-electron chi connectivity index (χ0n) is 19.9. The molecule has 0 radical (unpaired) electrons. The van der Waals surface area contributed by atoms with Crippen LogP contribution in [0.5, 0.6) is 0 Å². The Morgan fingerprint density at radius 3 is 2.34 bits per heavy atom. The van der Waals surface area contributed by atoms with Crippen molar-refractivity contribution in [3.8, 4) is 5.69 Å². The van der Waals surface area contributed by atoms with Crippen LogP contribution in [-0.2, 0) is 14.8 Å². The lowest BCUT2D eigenvalue weighted by Crippen LogP contribution is -2.39. The number of nitro benzene ring substituents is 1. The molecule has 1 heterocycles. The number of para-hydroxylation sites is 3. The molecule has 0 bridgehead atoms. The minimum atomic E-state index is -4.50. The summed E-state index contributed by atoms with van der Waals surface area (Å²) in [7, 11) is -4.50. The Kier molecular flexibility index (Phi) is 7.84. The van der Waals surface area contributed by atoms with Gasteiger partial charge in [0.15, 0.2) is 10.0 Å². The van der Waals surface area contributed by atoms with Crippen LogP contribution in [0, 0.1) is 17.0 Å². The molecule has 0 unspecified atom stereocenters. The molecule has 13 heteroatoms. The van der Waals surface area contributed by atoms with Crippen molar-refractivity contribution in [3.63, 3.8) is 0 Å². The number of carbonyl (C=O) groups excluding carboxylic acids is 1. The first-order valence-electron chi connectivity index (χ1n) is 11.1. The third-order valence-electron chi connectivity index (χ3n) is 5.46. The number of aromatic nitrogens is 2. The highest BCUT2D eigenvalue weighted by Crippen LogP contribution is 2.29. The lowest BCUT2D eigenvalue weighted by molar-refractivity contribution is -0.387. The van der Waals surface area contributed by atoms with E-state index < -0.39 is 38.0 Å². The van der Waals surface area contributed by atoms with Crippen molar-refractivity contribution >= 4 is 45.1 Å². The SMILES string of the molecule is Cc1c(/C=N\NC(=O)CN(c2ccccc2)S(=O)(=O)c2ccccc2[N+](=O)[O-])c(Cl)nn1-c1ccccc1. The highest BCUT2D eigenvalue weighted by atomic mass is 35.5. The van der Waals surface area contributed by atoms with Crippen molar-refractivity contribution in [1.82, 2.24) is 15.2 Å². The first kappa shape index (κ1) is 26.5. The van der Waals surface area contributed by atoms with Gasteiger partial charge in [0.05, 0.1) is 33.8 Å². The van der Waals surface area contributed by atoms with E-state index in [0.717, 1.165) is 22.1 Å². The van der Waals surface area contributed by atoms with Crippen molar-refractivity contribution in [1.29, 1.82) is 0 Å². The van der Waals surface area contributed by atoms with Crippen LogP contribution >= 0.6 is 11.6 Å². The van der Waals surface area contributed by atoms with Gasteiger partial charge >= 0.3 is 0 Å². The van der Waals surface area contributed by atoms with Gasteiger partial charge in [-0.05, 0) is 37.3 Å². The summed E-state index contributed by atoms with van der Waals surface area (Å²) in [6.07, 6.45) is 1.31. The van der Waals surface area contributed by atoms with Gasteiger partial charge in [-0.3, -0.25) is 19.2 Å². The van der Waals surface area contributed by atoms with E-state index in [2.05, 4.69) is 15.6 Å². The van der Waals surface area contributed by atoms with Crippen LogP contribution < -0.4 is 9.73 Å². The van der Waals surface area contributed by atoms with Crippen LogP contribution in [-0.4, -0.2) is 41.8 Å². The zero-order valence-corrected chi connectivity index (χ0v) is 21.5. The van der Waals surface area contributed by atoms with E-state index in [4.69, 9.17) is 11.6 Å². The Balaban J connectivity index is 1.58. The predicted octanol–water partition coefficient (Wildman–Crippen LogP) is 4.09. The largest absolute Gasteiger partial charge is 0.289 e. The number of rotatable bonds is 9. The molecule has 0 fully saturated rings. The molecular weight excluding hydrogens is 532 g/mol. The summed E-state index contributed by atoms with van der Waals surface area (Å²) >= 11 is 6.27. The van der Waals surface area contributed by atoms with Gasteiger partial charge in [0.2, 0.25) is 0 Å². The Morgan fingerprint density at radius 2 is 1.68 bits per heavy atom. The third-order valence-corrected chi connectivity index (χ3v) is 7.56. The highest BCUT2D eigenvalue weighted by molar-refractivity contribution is 7.93. The second-order valence-corrected chi connectivity index (χ2v) is 10.1.